The maximum absolute atomic E-state index is 13.3. The molecule has 0 aliphatic carbocycles. The second kappa shape index (κ2) is 9.40. The summed E-state index contributed by atoms with van der Waals surface area (Å²) in [4.78, 5) is 15.8. The van der Waals surface area contributed by atoms with E-state index in [4.69, 9.17) is 10.5 Å². The number of primary amides is 1. The van der Waals surface area contributed by atoms with Gasteiger partial charge in [-0.1, -0.05) is 72.8 Å². The number of carbonyl (C=O) groups excluding carboxylic acids is 1. The minimum atomic E-state index is -0.827. The molecular weight excluding hydrogens is 408 g/mol. The Hall–Kier alpha value is -3.11. The van der Waals surface area contributed by atoms with Crippen molar-refractivity contribution in [1.29, 1.82) is 0 Å². The molecule has 0 spiro atoms. The Morgan fingerprint density at radius 3 is 2.36 bits per heavy atom. The van der Waals surface area contributed by atoms with Gasteiger partial charge >= 0.3 is 0 Å². The maximum Gasteiger partial charge on any atom is 0.232 e. The first-order chi connectivity index (χ1) is 16.2. The zero-order valence-electron chi connectivity index (χ0n) is 19.1. The van der Waals surface area contributed by atoms with E-state index in [9.17, 15) is 4.79 Å². The molecule has 5 rings (SSSR count). The molecule has 1 atom stereocenters. The van der Waals surface area contributed by atoms with Gasteiger partial charge in [-0.25, -0.2) is 0 Å². The van der Waals surface area contributed by atoms with Gasteiger partial charge in [0.05, 0.1) is 6.61 Å². The van der Waals surface area contributed by atoms with Gasteiger partial charge in [0.25, 0.3) is 0 Å². The van der Waals surface area contributed by atoms with Crippen LogP contribution in [0.3, 0.4) is 0 Å². The van der Waals surface area contributed by atoms with Gasteiger partial charge in [-0.15, -0.1) is 0 Å². The number of benzene rings is 3. The van der Waals surface area contributed by atoms with E-state index >= 15 is 0 Å². The number of nitrogens with two attached hydrogens (primary N) is 1. The molecular formula is C29H32N2O2. The van der Waals surface area contributed by atoms with E-state index in [1.54, 1.807) is 0 Å². The number of likely N-dealkylation sites (tertiary alicyclic amines) is 1. The molecule has 4 nitrogen and oxygen atoms in total. The Morgan fingerprint density at radius 2 is 1.70 bits per heavy atom. The zero-order valence-corrected chi connectivity index (χ0v) is 19.1. The van der Waals surface area contributed by atoms with Crippen molar-refractivity contribution in [3.05, 3.63) is 101 Å². The summed E-state index contributed by atoms with van der Waals surface area (Å²) in [5.41, 5.74) is 10.1. The minimum Gasteiger partial charge on any atom is -0.493 e. The summed E-state index contributed by atoms with van der Waals surface area (Å²) in [5, 5.41) is 0. The third-order valence-corrected chi connectivity index (χ3v) is 7.44. The molecule has 2 aliphatic heterocycles. The van der Waals surface area contributed by atoms with Crippen molar-refractivity contribution in [2.24, 2.45) is 11.7 Å². The van der Waals surface area contributed by atoms with Gasteiger partial charge in [-0.3, -0.25) is 4.79 Å². The van der Waals surface area contributed by atoms with E-state index in [1.807, 2.05) is 36.4 Å². The Labute approximate surface area is 196 Å². The quantitative estimate of drug-likeness (QED) is 0.594. The Balaban J connectivity index is 1.41. The van der Waals surface area contributed by atoms with E-state index in [-0.39, 0.29) is 11.8 Å². The SMILES string of the molecule is NC(=O)C(c1ccccc1)(c1ccccc1)[C@H]1CCCN(CCc2ccc3c(c2)CCO3)C1. The average Bonchev–Trinajstić information content (AvgIpc) is 3.33. The highest BCUT2D eigenvalue weighted by atomic mass is 16.5. The van der Waals surface area contributed by atoms with Gasteiger partial charge in [0.15, 0.2) is 0 Å². The third kappa shape index (κ3) is 4.16. The molecule has 33 heavy (non-hydrogen) atoms. The van der Waals surface area contributed by atoms with Crippen LogP contribution in [0.25, 0.3) is 0 Å². The van der Waals surface area contributed by atoms with Crippen molar-refractivity contribution in [1.82, 2.24) is 4.90 Å². The largest absolute Gasteiger partial charge is 0.493 e. The maximum atomic E-state index is 13.3. The van der Waals surface area contributed by atoms with Crippen molar-refractivity contribution in [3.63, 3.8) is 0 Å². The number of piperidine rings is 1. The van der Waals surface area contributed by atoms with Crippen LogP contribution in [0, 0.1) is 5.92 Å². The second-order valence-corrected chi connectivity index (χ2v) is 9.33. The predicted molar refractivity (Wildman–Crippen MR) is 131 cm³/mol. The summed E-state index contributed by atoms with van der Waals surface area (Å²) in [6.07, 6.45) is 4.06. The Bertz CT molecular complexity index is 1060. The number of carbonyl (C=O) groups is 1. The molecule has 4 heteroatoms. The lowest BCUT2D eigenvalue weighted by Crippen LogP contribution is -2.53. The van der Waals surface area contributed by atoms with Crippen LogP contribution in [0.4, 0.5) is 0 Å². The molecule has 1 fully saturated rings. The van der Waals surface area contributed by atoms with Gasteiger partial charge in [0, 0.05) is 19.5 Å². The second-order valence-electron chi connectivity index (χ2n) is 9.33. The Morgan fingerprint density at radius 1 is 1.00 bits per heavy atom. The summed E-state index contributed by atoms with van der Waals surface area (Å²) in [6, 6.07) is 26.9. The molecule has 170 valence electrons. The van der Waals surface area contributed by atoms with Crippen LogP contribution < -0.4 is 10.5 Å². The topological polar surface area (TPSA) is 55.6 Å². The number of hydrogen-bond donors (Lipinski definition) is 1. The number of ether oxygens (including phenoxy) is 1. The van der Waals surface area contributed by atoms with Crippen molar-refractivity contribution in [2.75, 3.05) is 26.2 Å². The van der Waals surface area contributed by atoms with E-state index in [0.29, 0.717) is 0 Å². The fourth-order valence-electron chi connectivity index (χ4n) is 5.82. The number of hydrogen-bond acceptors (Lipinski definition) is 3. The van der Waals surface area contributed by atoms with Crippen LogP contribution in [0.5, 0.6) is 5.75 Å². The summed E-state index contributed by atoms with van der Waals surface area (Å²) in [5.74, 6) is 0.904. The van der Waals surface area contributed by atoms with E-state index in [2.05, 4.69) is 47.4 Å². The van der Waals surface area contributed by atoms with Crippen LogP contribution in [-0.4, -0.2) is 37.0 Å². The van der Waals surface area contributed by atoms with Crippen LogP contribution in [0.2, 0.25) is 0 Å². The predicted octanol–water partition coefficient (Wildman–Crippen LogP) is 4.35. The number of fused-ring (bicyclic) bond motifs is 1. The summed E-state index contributed by atoms with van der Waals surface area (Å²) in [6.45, 7) is 3.69. The molecule has 1 amide bonds. The molecule has 2 heterocycles. The fraction of sp³-hybridized carbons (Fsp3) is 0.345. The van der Waals surface area contributed by atoms with E-state index in [1.165, 1.54) is 11.1 Å². The normalized spacial score (nSPS) is 18.5. The Kier molecular flexibility index (Phi) is 6.19. The molecule has 3 aromatic carbocycles. The molecule has 1 saturated heterocycles. The van der Waals surface area contributed by atoms with Crippen molar-refractivity contribution < 1.29 is 9.53 Å². The molecule has 2 aliphatic rings. The van der Waals surface area contributed by atoms with Crippen molar-refractivity contribution >= 4 is 5.91 Å². The summed E-state index contributed by atoms with van der Waals surface area (Å²) in [7, 11) is 0. The van der Waals surface area contributed by atoms with Gasteiger partial charge in [-0.05, 0) is 60.0 Å². The van der Waals surface area contributed by atoms with Gasteiger partial charge in [0.2, 0.25) is 5.91 Å². The van der Waals surface area contributed by atoms with Gasteiger partial charge in [0.1, 0.15) is 11.2 Å². The van der Waals surface area contributed by atoms with Crippen molar-refractivity contribution in [2.45, 2.75) is 31.1 Å². The van der Waals surface area contributed by atoms with E-state index < -0.39 is 5.41 Å². The summed E-state index contributed by atoms with van der Waals surface area (Å²) >= 11 is 0. The molecule has 3 aromatic rings. The fourth-order valence-corrected chi connectivity index (χ4v) is 5.82. The smallest absolute Gasteiger partial charge is 0.232 e. The molecule has 0 saturated carbocycles. The molecule has 0 radical (unpaired) electrons. The van der Waals surface area contributed by atoms with Crippen molar-refractivity contribution in [3.8, 4) is 5.75 Å². The average molecular weight is 441 g/mol. The van der Waals surface area contributed by atoms with Gasteiger partial charge in [-0.2, -0.15) is 0 Å². The number of nitrogens with zero attached hydrogens (tertiary/aromatic N) is 1. The highest BCUT2D eigenvalue weighted by molar-refractivity contribution is 5.91. The third-order valence-electron chi connectivity index (χ3n) is 7.44. The van der Waals surface area contributed by atoms with Gasteiger partial charge < -0.3 is 15.4 Å². The lowest BCUT2D eigenvalue weighted by molar-refractivity contribution is -0.124. The zero-order chi connectivity index (χ0) is 22.7. The number of rotatable bonds is 7. The lowest BCUT2D eigenvalue weighted by Gasteiger charge is -2.44. The number of amides is 1. The van der Waals surface area contributed by atoms with Crippen LogP contribution in [0.1, 0.15) is 35.1 Å². The lowest BCUT2D eigenvalue weighted by atomic mass is 9.63. The molecule has 2 N–H and O–H groups in total. The molecule has 0 aromatic heterocycles. The van der Waals surface area contributed by atoms with Crippen LogP contribution in [-0.2, 0) is 23.1 Å². The summed E-state index contributed by atoms with van der Waals surface area (Å²) < 4.78 is 5.65. The van der Waals surface area contributed by atoms with E-state index in [0.717, 1.165) is 68.8 Å². The van der Waals surface area contributed by atoms with Crippen LogP contribution in [0.15, 0.2) is 78.9 Å². The highest BCUT2D eigenvalue weighted by Gasteiger charge is 2.48. The van der Waals surface area contributed by atoms with Crippen LogP contribution >= 0.6 is 0 Å². The highest BCUT2D eigenvalue weighted by Crippen LogP contribution is 2.43. The minimum absolute atomic E-state index is 0.127. The molecule has 0 unspecified atom stereocenters. The first kappa shape index (κ1) is 21.7. The molecule has 0 bridgehead atoms. The first-order valence-corrected chi connectivity index (χ1v) is 12.1. The first-order valence-electron chi connectivity index (χ1n) is 12.1. The standard InChI is InChI=1S/C29H32N2O2/c30-28(32)29(24-8-3-1-4-9-24,25-10-5-2-6-11-25)26-12-7-17-31(21-26)18-15-22-13-14-27-23(20-22)16-19-33-27/h1-6,8-11,13-14,20,26H,7,12,15-19,21H2,(H2,30,32)/t26-/m0/s1. The monoisotopic (exact) mass is 440 g/mol.